The average Bonchev–Trinajstić information content (AvgIpc) is 2.25. The van der Waals surface area contributed by atoms with E-state index in [9.17, 15) is 14.9 Å². The van der Waals surface area contributed by atoms with Gasteiger partial charge in [0.15, 0.2) is 0 Å². The minimum absolute atomic E-state index is 0.106. The van der Waals surface area contributed by atoms with Crippen LogP contribution in [0.3, 0.4) is 0 Å². The maximum Gasteiger partial charge on any atom is 0.288 e. The van der Waals surface area contributed by atoms with Crippen molar-refractivity contribution in [2.75, 3.05) is 6.54 Å². The van der Waals surface area contributed by atoms with Crippen LogP contribution in [0.2, 0.25) is 5.02 Å². The molecule has 17 heavy (non-hydrogen) atoms. The van der Waals surface area contributed by atoms with E-state index in [0.29, 0.717) is 12.1 Å². The molecule has 0 aliphatic rings. The summed E-state index contributed by atoms with van der Waals surface area (Å²) in [5.74, 6) is -0.128. The third kappa shape index (κ3) is 4.24. The van der Waals surface area contributed by atoms with Crippen molar-refractivity contribution in [1.29, 1.82) is 0 Å². The molecule has 0 saturated carbocycles. The first kappa shape index (κ1) is 13.2. The first-order valence-corrected chi connectivity index (χ1v) is 5.23. The number of benzene rings is 1. The molecule has 1 amide bonds. The maximum absolute atomic E-state index is 10.6. The Balaban J connectivity index is 2.75. The van der Waals surface area contributed by atoms with Crippen molar-refractivity contribution in [1.82, 2.24) is 5.32 Å². The summed E-state index contributed by atoms with van der Waals surface area (Å²) >= 11 is 5.67. The van der Waals surface area contributed by atoms with E-state index in [1.54, 1.807) is 18.2 Å². The van der Waals surface area contributed by atoms with Crippen molar-refractivity contribution < 1.29 is 9.72 Å². The lowest BCUT2D eigenvalue weighted by atomic mass is 10.2. The van der Waals surface area contributed by atoms with Gasteiger partial charge in [0.05, 0.1) is 4.92 Å². The van der Waals surface area contributed by atoms with Gasteiger partial charge in [-0.15, -0.1) is 0 Å². The van der Waals surface area contributed by atoms with Crippen LogP contribution in [-0.4, -0.2) is 17.4 Å². The van der Waals surface area contributed by atoms with E-state index >= 15 is 0 Å². The van der Waals surface area contributed by atoms with Crippen LogP contribution >= 0.6 is 11.6 Å². The normalized spacial score (nSPS) is 10.5. The van der Waals surface area contributed by atoms with Gasteiger partial charge in [0.2, 0.25) is 5.91 Å². The molecule has 0 saturated heterocycles. The van der Waals surface area contributed by atoms with Crippen molar-refractivity contribution in [3.63, 3.8) is 0 Å². The summed E-state index contributed by atoms with van der Waals surface area (Å²) < 4.78 is 0. The van der Waals surface area contributed by atoms with Crippen LogP contribution in [0.5, 0.6) is 0 Å². The minimum atomic E-state index is -0.534. The number of nitrogens with zero attached hydrogens (tertiary/aromatic N) is 1. The maximum atomic E-state index is 10.6. The summed E-state index contributed by atoms with van der Waals surface area (Å²) in [7, 11) is 0. The Hall–Kier alpha value is -1.88. The number of hydrogen-bond acceptors (Lipinski definition) is 3. The molecular weight excluding hydrogens is 244 g/mol. The highest BCUT2D eigenvalue weighted by atomic mass is 35.5. The van der Waals surface area contributed by atoms with Crippen LogP contribution in [0, 0.1) is 10.1 Å². The van der Waals surface area contributed by atoms with Crippen molar-refractivity contribution in [2.45, 2.75) is 6.92 Å². The number of hydrogen-bond donors (Lipinski definition) is 1. The first-order chi connectivity index (χ1) is 8.00. The summed E-state index contributed by atoms with van der Waals surface area (Å²) in [6.45, 7) is 1.80. The van der Waals surface area contributed by atoms with Gasteiger partial charge in [-0.3, -0.25) is 14.9 Å². The standard InChI is InChI=1S/C11H11ClN2O3/c1-8(15)13-6-2-3-9-4-5-10(12)11(7-9)14(16)17/h2-5,7H,6H2,1H3,(H,13,15). The lowest BCUT2D eigenvalue weighted by Crippen LogP contribution is -2.19. The molecule has 1 N–H and O–H groups in total. The fraction of sp³-hybridized carbons (Fsp3) is 0.182. The molecule has 90 valence electrons. The molecule has 5 nitrogen and oxygen atoms in total. The second-order valence-electron chi connectivity index (χ2n) is 3.31. The summed E-state index contributed by atoms with van der Waals surface area (Å²) in [6, 6.07) is 4.52. The number of nitro groups is 1. The van der Waals surface area contributed by atoms with Crippen LogP contribution in [0.15, 0.2) is 24.3 Å². The second-order valence-corrected chi connectivity index (χ2v) is 3.71. The quantitative estimate of drug-likeness (QED) is 0.662. The van der Waals surface area contributed by atoms with E-state index in [1.807, 2.05) is 0 Å². The summed E-state index contributed by atoms with van der Waals surface area (Å²) in [5, 5.41) is 13.3. The topological polar surface area (TPSA) is 72.2 Å². The van der Waals surface area contributed by atoms with Crippen LogP contribution in [-0.2, 0) is 4.79 Å². The van der Waals surface area contributed by atoms with Crippen LogP contribution < -0.4 is 5.32 Å². The highest BCUT2D eigenvalue weighted by molar-refractivity contribution is 6.32. The SMILES string of the molecule is CC(=O)NCC=Cc1ccc(Cl)c([N+](=O)[O-])c1. The molecule has 0 fully saturated rings. The Morgan fingerprint density at radius 1 is 1.59 bits per heavy atom. The first-order valence-electron chi connectivity index (χ1n) is 4.85. The van der Waals surface area contributed by atoms with Crippen molar-refractivity contribution >= 4 is 29.3 Å². The molecule has 0 heterocycles. The van der Waals surface area contributed by atoms with Gasteiger partial charge in [-0.05, 0) is 11.6 Å². The fourth-order valence-electron chi connectivity index (χ4n) is 1.17. The highest BCUT2D eigenvalue weighted by Crippen LogP contribution is 2.25. The fourth-order valence-corrected chi connectivity index (χ4v) is 1.36. The Morgan fingerprint density at radius 2 is 2.29 bits per heavy atom. The molecule has 0 aliphatic heterocycles. The Kier molecular flexibility index (Phi) is 4.66. The number of carbonyl (C=O) groups is 1. The molecule has 0 atom stereocenters. The number of nitrogens with one attached hydrogen (secondary N) is 1. The zero-order chi connectivity index (χ0) is 12.8. The predicted octanol–water partition coefficient (Wildman–Crippen LogP) is 2.40. The smallest absolute Gasteiger partial charge is 0.288 e. The molecule has 0 aliphatic carbocycles. The Labute approximate surface area is 103 Å². The average molecular weight is 255 g/mol. The molecular formula is C11H11ClN2O3. The lowest BCUT2D eigenvalue weighted by Gasteiger charge is -1.98. The minimum Gasteiger partial charge on any atom is -0.353 e. The van der Waals surface area contributed by atoms with Gasteiger partial charge in [-0.25, -0.2) is 0 Å². The van der Waals surface area contributed by atoms with Gasteiger partial charge in [0, 0.05) is 19.5 Å². The zero-order valence-corrected chi connectivity index (χ0v) is 9.90. The lowest BCUT2D eigenvalue weighted by molar-refractivity contribution is -0.384. The molecule has 1 aromatic rings. The molecule has 0 bridgehead atoms. The highest BCUT2D eigenvalue weighted by Gasteiger charge is 2.11. The monoisotopic (exact) mass is 254 g/mol. The molecule has 0 spiro atoms. The Bertz CT molecular complexity index is 472. The van der Waals surface area contributed by atoms with E-state index in [-0.39, 0.29) is 16.6 Å². The van der Waals surface area contributed by atoms with Gasteiger partial charge in [-0.1, -0.05) is 29.8 Å². The van der Waals surface area contributed by atoms with Gasteiger partial charge < -0.3 is 5.32 Å². The second kappa shape index (κ2) is 6.00. The van der Waals surface area contributed by atoms with E-state index < -0.39 is 4.92 Å². The number of nitro benzene ring substituents is 1. The summed E-state index contributed by atoms with van der Waals surface area (Å²) in [5.41, 5.74) is 0.528. The van der Waals surface area contributed by atoms with Gasteiger partial charge >= 0.3 is 0 Å². The number of amides is 1. The molecule has 0 unspecified atom stereocenters. The number of halogens is 1. The number of carbonyl (C=O) groups excluding carboxylic acids is 1. The van der Waals surface area contributed by atoms with Gasteiger partial charge in [-0.2, -0.15) is 0 Å². The molecule has 1 aromatic carbocycles. The van der Waals surface area contributed by atoms with E-state index in [1.165, 1.54) is 19.1 Å². The zero-order valence-electron chi connectivity index (χ0n) is 9.14. The van der Waals surface area contributed by atoms with Crippen LogP contribution in [0.25, 0.3) is 6.08 Å². The third-order valence-electron chi connectivity index (χ3n) is 1.95. The van der Waals surface area contributed by atoms with E-state index in [4.69, 9.17) is 11.6 Å². The largest absolute Gasteiger partial charge is 0.353 e. The van der Waals surface area contributed by atoms with Crippen LogP contribution in [0.1, 0.15) is 12.5 Å². The van der Waals surface area contributed by atoms with Crippen LogP contribution in [0.4, 0.5) is 5.69 Å². The van der Waals surface area contributed by atoms with E-state index in [2.05, 4.69) is 5.32 Å². The molecule has 1 rings (SSSR count). The van der Waals surface area contributed by atoms with Crippen molar-refractivity contribution in [3.8, 4) is 0 Å². The van der Waals surface area contributed by atoms with Crippen molar-refractivity contribution in [2.24, 2.45) is 0 Å². The van der Waals surface area contributed by atoms with Gasteiger partial charge in [0.25, 0.3) is 5.69 Å². The molecule has 0 radical (unpaired) electrons. The molecule has 0 aromatic heterocycles. The van der Waals surface area contributed by atoms with E-state index in [0.717, 1.165) is 0 Å². The summed E-state index contributed by atoms with van der Waals surface area (Å²) in [6.07, 6.45) is 3.38. The molecule has 6 heteroatoms. The Morgan fingerprint density at radius 3 is 2.88 bits per heavy atom. The van der Waals surface area contributed by atoms with Crippen molar-refractivity contribution in [3.05, 3.63) is 45.0 Å². The summed E-state index contributed by atoms with van der Waals surface area (Å²) in [4.78, 5) is 20.7. The van der Waals surface area contributed by atoms with Gasteiger partial charge in [0.1, 0.15) is 5.02 Å². The third-order valence-corrected chi connectivity index (χ3v) is 2.27. The predicted molar refractivity (Wildman–Crippen MR) is 65.8 cm³/mol. The number of rotatable bonds is 4.